The first-order valence-corrected chi connectivity index (χ1v) is 15.1. The number of para-hydroxylation sites is 1. The fraction of sp³-hybridized carbons (Fsp3) is 0.314. The van der Waals surface area contributed by atoms with E-state index in [1.54, 1.807) is 23.1 Å². The molecule has 6 rings (SSSR count). The number of aromatic amines is 1. The molecule has 234 valence electrons. The van der Waals surface area contributed by atoms with Crippen molar-refractivity contribution in [3.05, 3.63) is 107 Å². The standard InChI is InChI=1S/C35H37N3O7/c1-44-29-16-22(20-40)15-25-31-26(35(43)36-12-14-39)19-28(32(42)34(31)45-33(25)29)38(30(41)17-21-7-3-2-4-8-21)13-11-24-18-23-9-5-6-10-27(23)37-24/h2-10,15-16,18-19,28,31-32,34,37,39-40,42H,11-14,17,20H2,1H3,(H,36,43)/t28-,31+,32+,34+/m1/s1. The quantitative estimate of drug-likeness (QED) is 0.175. The minimum atomic E-state index is -1.19. The number of rotatable bonds is 11. The lowest BCUT2D eigenvalue weighted by Gasteiger charge is -2.40. The number of aliphatic hydroxyl groups is 3. The summed E-state index contributed by atoms with van der Waals surface area (Å²) in [5, 5.41) is 35.1. The second kappa shape index (κ2) is 13.2. The normalized spacial score (nSPS) is 20.1. The number of nitrogens with zero attached hydrogens (tertiary/aromatic N) is 1. The lowest BCUT2D eigenvalue weighted by molar-refractivity contribution is -0.136. The molecule has 45 heavy (non-hydrogen) atoms. The van der Waals surface area contributed by atoms with E-state index in [2.05, 4.69) is 10.3 Å². The van der Waals surface area contributed by atoms with Gasteiger partial charge in [-0.1, -0.05) is 48.5 Å². The van der Waals surface area contributed by atoms with E-state index in [1.165, 1.54) is 7.11 Å². The van der Waals surface area contributed by atoms with Crippen LogP contribution in [-0.2, 0) is 29.0 Å². The Morgan fingerprint density at radius 2 is 1.80 bits per heavy atom. The monoisotopic (exact) mass is 611 g/mol. The third-order valence-electron chi connectivity index (χ3n) is 8.58. The van der Waals surface area contributed by atoms with Crippen molar-refractivity contribution in [3.63, 3.8) is 0 Å². The molecule has 0 saturated heterocycles. The molecule has 10 nitrogen and oxygen atoms in total. The van der Waals surface area contributed by atoms with Crippen LogP contribution in [0.1, 0.15) is 28.3 Å². The summed E-state index contributed by atoms with van der Waals surface area (Å²) in [7, 11) is 1.49. The first kappa shape index (κ1) is 30.4. The maximum absolute atomic E-state index is 14.0. The number of H-pyrrole nitrogens is 1. The van der Waals surface area contributed by atoms with E-state index in [9.17, 15) is 24.9 Å². The Morgan fingerprint density at radius 1 is 1.02 bits per heavy atom. The number of benzene rings is 3. The van der Waals surface area contributed by atoms with Gasteiger partial charge in [0.05, 0.1) is 38.7 Å². The lowest BCUT2D eigenvalue weighted by atomic mass is 9.77. The van der Waals surface area contributed by atoms with Gasteiger partial charge in [-0.2, -0.15) is 0 Å². The van der Waals surface area contributed by atoms with Crippen LogP contribution in [0.25, 0.3) is 10.9 Å². The van der Waals surface area contributed by atoms with Gasteiger partial charge in [-0.05, 0) is 46.9 Å². The Bertz CT molecular complexity index is 1680. The van der Waals surface area contributed by atoms with Gasteiger partial charge in [0, 0.05) is 41.9 Å². The van der Waals surface area contributed by atoms with Crippen LogP contribution in [0, 0.1) is 0 Å². The van der Waals surface area contributed by atoms with E-state index in [1.807, 2.05) is 60.7 Å². The molecule has 0 saturated carbocycles. The predicted octanol–water partition coefficient (Wildman–Crippen LogP) is 2.61. The van der Waals surface area contributed by atoms with Crippen molar-refractivity contribution >= 4 is 22.7 Å². The zero-order valence-corrected chi connectivity index (χ0v) is 25.0. The molecule has 1 aromatic heterocycles. The van der Waals surface area contributed by atoms with E-state index in [0.717, 1.165) is 22.2 Å². The molecule has 0 unspecified atom stereocenters. The molecule has 1 aliphatic heterocycles. The smallest absolute Gasteiger partial charge is 0.247 e. The van der Waals surface area contributed by atoms with E-state index in [-0.39, 0.29) is 38.6 Å². The Labute approximate surface area is 260 Å². The predicted molar refractivity (Wildman–Crippen MR) is 168 cm³/mol. The number of methoxy groups -OCH3 is 1. The third kappa shape index (κ3) is 6.04. The van der Waals surface area contributed by atoms with Gasteiger partial charge in [-0.25, -0.2) is 0 Å². The minimum Gasteiger partial charge on any atom is -0.493 e. The Morgan fingerprint density at radius 3 is 2.53 bits per heavy atom. The molecule has 0 radical (unpaired) electrons. The van der Waals surface area contributed by atoms with Crippen molar-refractivity contribution in [3.8, 4) is 11.5 Å². The molecular weight excluding hydrogens is 574 g/mol. The molecule has 10 heteroatoms. The van der Waals surface area contributed by atoms with Crippen LogP contribution in [0.15, 0.2) is 84.4 Å². The SMILES string of the molecule is COc1cc(CO)cc2c1O[C@@H]1[C@@H](O)[C@H](N(CCc3cc4ccccc4[nH]3)C(=O)Cc3ccccc3)C=C(C(=O)NCCO)[C@H]21. The van der Waals surface area contributed by atoms with Crippen molar-refractivity contribution in [2.75, 3.05) is 26.8 Å². The number of carbonyl (C=O) groups is 2. The highest BCUT2D eigenvalue weighted by atomic mass is 16.5. The van der Waals surface area contributed by atoms with Crippen molar-refractivity contribution in [1.82, 2.24) is 15.2 Å². The highest BCUT2D eigenvalue weighted by Gasteiger charge is 2.51. The summed E-state index contributed by atoms with van der Waals surface area (Å²) < 4.78 is 11.9. The van der Waals surface area contributed by atoms with Gasteiger partial charge in [0.15, 0.2) is 11.5 Å². The zero-order valence-electron chi connectivity index (χ0n) is 25.0. The number of carbonyl (C=O) groups excluding carboxylic acids is 2. The maximum Gasteiger partial charge on any atom is 0.247 e. The molecule has 4 atom stereocenters. The number of hydrogen-bond acceptors (Lipinski definition) is 7. The zero-order chi connectivity index (χ0) is 31.5. The lowest BCUT2D eigenvalue weighted by Crippen LogP contribution is -2.56. The number of amides is 2. The highest BCUT2D eigenvalue weighted by Crippen LogP contribution is 2.51. The average molecular weight is 612 g/mol. The summed E-state index contributed by atoms with van der Waals surface area (Å²) in [4.78, 5) is 32.7. The fourth-order valence-electron chi connectivity index (χ4n) is 6.44. The van der Waals surface area contributed by atoms with Gasteiger partial charge in [0.1, 0.15) is 12.2 Å². The maximum atomic E-state index is 14.0. The summed E-state index contributed by atoms with van der Waals surface area (Å²) in [6.07, 6.45) is 0.151. The summed E-state index contributed by atoms with van der Waals surface area (Å²) in [5.74, 6) is -0.579. The van der Waals surface area contributed by atoms with Crippen molar-refractivity contribution in [2.24, 2.45) is 0 Å². The summed E-state index contributed by atoms with van der Waals surface area (Å²) >= 11 is 0. The highest BCUT2D eigenvalue weighted by molar-refractivity contribution is 5.96. The van der Waals surface area contributed by atoms with Crippen molar-refractivity contribution < 1.29 is 34.4 Å². The summed E-state index contributed by atoms with van der Waals surface area (Å²) in [6.45, 7) is -0.200. The number of ether oxygens (including phenoxy) is 2. The van der Waals surface area contributed by atoms with Crippen LogP contribution in [0.3, 0.4) is 0 Å². The topological polar surface area (TPSA) is 144 Å². The van der Waals surface area contributed by atoms with E-state index in [0.29, 0.717) is 34.6 Å². The van der Waals surface area contributed by atoms with Crippen LogP contribution in [-0.4, -0.2) is 82.1 Å². The van der Waals surface area contributed by atoms with Crippen LogP contribution < -0.4 is 14.8 Å². The third-order valence-corrected chi connectivity index (χ3v) is 8.58. The van der Waals surface area contributed by atoms with Gasteiger partial charge in [-0.3, -0.25) is 9.59 Å². The number of hydrogen-bond donors (Lipinski definition) is 5. The van der Waals surface area contributed by atoms with Gasteiger partial charge in [0.2, 0.25) is 11.8 Å². The largest absolute Gasteiger partial charge is 0.493 e. The van der Waals surface area contributed by atoms with Crippen LogP contribution in [0.5, 0.6) is 11.5 Å². The molecule has 2 aliphatic rings. The molecular formula is C35H37N3O7. The molecule has 4 aromatic rings. The summed E-state index contributed by atoms with van der Waals surface area (Å²) in [5.41, 5.74) is 4.24. The fourth-order valence-corrected chi connectivity index (χ4v) is 6.44. The van der Waals surface area contributed by atoms with Crippen LogP contribution >= 0.6 is 0 Å². The second-order valence-corrected chi connectivity index (χ2v) is 11.4. The number of aliphatic hydroxyl groups excluding tert-OH is 3. The minimum absolute atomic E-state index is 0.0333. The molecule has 3 aromatic carbocycles. The van der Waals surface area contributed by atoms with E-state index < -0.39 is 30.1 Å². The van der Waals surface area contributed by atoms with Crippen molar-refractivity contribution in [2.45, 2.75) is 43.6 Å². The molecule has 0 fully saturated rings. The number of fused-ring (bicyclic) bond motifs is 4. The molecule has 1 aliphatic carbocycles. The molecule has 5 N–H and O–H groups in total. The summed E-state index contributed by atoms with van der Waals surface area (Å²) in [6, 6.07) is 21.9. The van der Waals surface area contributed by atoms with Gasteiger partial charge >= 0.3 is 0 Å². The molecule has 2 heterocycles. The average Bonchev–Trinajstić information content (AvgIpc) is 3.66. The van der Waals surface area contributed by atoms with E-state index >= 15 is 0 Å². The Hall–Kier alpha value is -4.64. The molecule has 0 bridgehead atoms. The van der Waals surface area contributed by atoms with Crippen LogP contribution in [0.2, 0.25) is 0 Å². The van der Waals surface area contributed by atoms with Gasteiger partial charge in [0.25, 0.3) is 0 Å². The Balaban J connectivity index is 1.39. The first-order valence-electron chi connectivity index (χ1n) is 15.1. The van der Waals surface area contributed by atoms with E-state index in [4.69, 9.17) is 9.47 Å². The first-order chi connectivity index (χ1) is 21.9. The number of aromatic nitrogens is 1. The molecule has 2 amide bonds. The van der Waals surface area contributed by atoms with Gasteiger partial charge < -0.3 is 40.0 Å². The second-order valence-electron chi connectivity index (χ2n) is 11.4. The Kier molecular flexibility index (Phi) is 8.88. The van der Waals surface area contributed by atoms with Crippen LogP contribution in [0.4, 0.5) is 0 Å². The van der Waals surface area contributed by atoms with Gasteiger partial charge in [-0.15, -0.1) is 0 Å². The number of nitrogens with one attached hydrogen (secondary N) is 2. The van der Waals surface area contributed by atoms with Crippen molar-refractivity contribution in [1.29, 1.82) is 0 Å². The molecule has 0 spiro atoms.